The monoisotopic (exact) mass is 388 g/mol. The quantitative estimate of drug-likeness (QED) is 0.820. The third-order valence-electron chi connectivity index (χ3n) is 2.19. The summed E-state index contributed by atoms with van der Waals surface area (Å²) in [6.45, 7) is 0. The molecule has 1 amide bonds. The number of nitrogens with one attached hydrogen (secondary N) is 1. The van der Waals surface area contributed by atoms with Crippen LogP contribution >= 0.6 is 43.5 Å². The SMILES string of the molecule is O=C(Nc1cc(Br)ccc1Br)c1ccncc1Cl. The molecule has 18 heavy (non-hydrogen) atoms. The first-order valence-corrected chi connectivity index (χ1v) is 6.90. The van der Waals surface area contributed by atoms with E-state index >= 15 is 0 Å². The number of pyridine rings is 1. The van der Waals surface area contributed by atoms with Gasteiger partial charge in [-0.25, -0.2) is 0 Å². The molecule has 0 saturated heterocycles. The summed E-state index contributed by atoms with van der Waals surface area (Å²) in [6.07, 6.45) is 2.96. The van der Waals surface area contributed by atoms with Gasteiger partial charge in [0, 0.05) is 21.3 Å². The van der Waals surface area contributed by atoms with E-state index in [1.165, 1.54) is 12.4 Å². The van der Waals surface area contributed by atoms with Gasteiger partial charge in [0.1, 0.15) is 0 Å². The van der Waals surface area contributed by atoms with Gasteiger partial charge in [0.15, 0.2) is 0 Å². The molecule has 3 nitrogen and oxygen atoms in total. The predicted molar refractivity (Wildman–Crippen MR) is 79.0 cm³/mol. The zero-order valence-electron chi connectivity index (χ0n) is 8.95. The highest BCUT2D eigenvalue weighted by Crippen LogP contribution is 2.27. The molecule has 0 aliphatic carbocycles. The first-order chi connectivity index (χ1) is 8.58. The van der Waals surface area contributed by atoms with Crippen LogP contribution in [0.2, 0.25) is 5.02 Å². The van der Waals surface area contributed by atoms with Crippen LogP contribution in [0.3, 0.4) is 0 Å². The summed E-state index contributed by atoms with van der Waals surface area (Å²) in [6, 6.07) is 7.09. The first kappa shape index (κ1) is 13.5. The van der Waals surface area contributed by atoms with Gasteiger partial charge in [0.25, 0.3) is 5.91 Å². The lowest BCUT2D eigenvalue weighted by Gasteiger charge is -2.08. The number of halogens is 3. The Morgan fingerprint density at radius 1 is 1.28 bits per heavy atom. The summed E-state index contributed by atoms with van der Waals surface area (Å²) in [5, 5.41) is 3.10. The van der Waals surface area contributed by atoms with Gasteiger partial charge in [0.05, 0.1) is 16.3 Å². The van der Waals surface area contributed by atoms with Crippen LogP contribution in [-0.2, 0) is 0 Å². The Kier molecular flexibility index (Phi) is 4.37. The number of nitrogens with zero attached hydrogens (tertiary/aromatic N) is 1. The molecule has 0 bridgehead atoms. The van der Waals surface area contributed by atoms with Crippen molar-refractivity contribution < 1.29 is 4.79 Å². The molecule has 1 N–H and O–H groups in total. The Hall–Kier alpha value is -0.910. The maximum atomic E-state index is 12.0. The highest BCUT2D eigenvalue weighted by Gasteiger charge is 2.11. The lowest BCUT2D eigenvalue weighted by atomic mass is 10.2. The lowest BCUT2D eigenvalue weighted by Crippen LogP contribution is -2.13. The van der Waals surface area contributed by atoms with E-state index in [1.807, 2.05) is 12.1 Å². The van der Waals surface area contributed by atoms with Crippen molar-refractivity contribution >= 4 is 55.1 Å². The van der Waals surface area contributed by atoms with Crippen molar-refractivity contribution in [2.24, 2.45) is 0 Å². The number of carbonyl (C=O) groups excluding carboxylic acids is 1. The molecule has 0 radical (unpaired) electrons. The maximum absolute atomic E-state index is 12.0. The summed E-state index contributed by atoms with van der Waals surface area (Å²) in [7, 11) is 0. The number of hydrogen-bond donors (Lipinski definition) is 1. The predicted octanol–water partition coefficient (Wildman–Crippen LogP) is 4.51. The van der Waals surface area contributed by atoms with Crippen LogP contribution in [0.4, 0.5) is 5.69 Å². The molecular formula is C12H7Br2ClN2O. The van der Waals surface area contributed by atoms with E-state index in [4.69, 9.17) is 11.6 Å². The van der Waals surface area contributed by atoms with E-state index in [0.29, 0.717) is 16.3 Å². The highest BCUT2D eigenvalue weighted by atomic mass is 79.9. The third-order valence-corrected chi connectivity index (χ3v) is 3.68. The average molecular weight is 390 g/mol. The van der Waals surface area contributed by atoms with E-state index in [0.717, 1.165) is 8.95 Å². The first-order valence-electron chi connectivity index (χ1n) is 4.94. The average Bonchev–Trinajstić information content (AvgIpc) is 2.34. The largest absolute Gasteiger partial charge is 0.321 e. The van der Waals surface area contributed by atoms with E-state index in [2.05, 4.69) is 42.2 Å². The fourth-order valence-electron chi connectivity index (χ4n) is 1.34. The van der Waals surface area contributed by atoms with E-state index in [-0.39, 0.29) is 5.91 Å². The van der Waals surface area contributed by atoms with Gasteiger partial charge in [-0.1, -0.05) is 27.5 Å². The Labute approximate surface area is 126 Å². The lowest BCUT2D eigenvalue weighted by molar-refractivity contribution is 0.102. The number of amides is 1. The summed E-state index contributed by atoms with van der Waals surface area (Å²) in [4.78, 5) is 15.9. The van der Waals surface area contributed by atoms with Gasteiger partial charge >= 0.3 is 0 Å². The van der Waals surface area contributed by atoms with Gasteiger partial charge in [-0.3, -0.25) is 9.78 Å². The second kappa shape index (κ2) is 5.82. The van der Waals surface area contributed by atoms with Crippen LogP contribution in [0.1, 0.15) is 10.4 Å². The fourth-order valence-corrected chi connectivity index (χ4v) is 2.25. The third kappa shape index (κ3) is 3.10. The second-order valence-corrected chi connectivity index (χ2v) is 5.61. The van der Waals surface area contributed by atoms with Crippen molar-refractivity contribution in [2.45, 2.75) is 0 Å². The zero-order chi connectivity index (χ0) is 13.1. The molecule has 0 aliphatic heterocycles. The molecular weight excluding hydrogens is 383 g/mol. The van der Waals surface area contributed by atoms with Crippen LogP contribution in [-0.4, -0.2) is 10.9 Å². The summed E-state index contributed by atoms with van der Waals surface area (Å²) < 4.78 is 1.67. The van der Waals surface area contributed by atoms with Crippen LogP contribution in [0, 0.1) is 0 Å². The van der Waals surface area contributed by atoms with E-state index < -0.39 is 0 Å². The van der Waals surface area contributed by atoms with Gasteiger partial charge in [-0.15, -0.1) is 0 Å². The molecule has 0 unspecified atom stereocenters. The summed E-state index contributed by atoms with van der Waals surface area (Å²) in [5.74, 6) is -0.277. The molecule has 2 rings (SSSR count). The standard InChI is InChI=1S/C12H7Br2ClN2O/c13-7-1-2-9(14)11(5-7)17-12(18)8-3-4-16-6-10(8)15/h1-6H,(H,17,18). The molecule has 6 heteroatoms. The number of benzene rings is 1. The Morgan fingerprint density at radius 2 is 2.06 bits per heavy atom. The summed E-state index contributed by atoms with van der Waals surface area (Å²) >= 11 is 12.6. The van der Waals surface area contributed by atoms with E-state index in [1.54, 1.807) is 12.1 Å². The molecule has 2 aromatic rings. The molecule has 0 fully saturated rings. The van der Waals surface area contributed by atoms with E-state index in [9.17, 15) is 4.79 Å². The van der Waals surface area contributed by atoms with Gasteiger partial charge < -0.3 is 5.32 Å². The van der Waals surface area contributed by atoms with Crippen molar-refractivity contribution in [1.82, 2.24) is 4.98 Å². The molecule has 0 spiro atoms. The van der Waals surface area contributed by atoms with Crippen molar-refractivity contribution in [2.75, 3.05) is 5.32 Å². The topological polar surface area (TPSA) is 42.0 Å². The summed E-state index contributed by atoms with van der Waals surface area (Å²) in [5.41, 5.74) is 1.06. The number of hydrogen-bond acceptors (Lipinski definition) is 2. The van der Waals surface area contributed by atoms with Gasteiger partial charge in [-0.05, 0) is 40.2 Å². The fraction of sp³-hybridized carbons (Fsp3) is 0. The Morgan fingerprint density at radius 3 is 2.78 bits per heavy atom. The molecule has 1 heterocycles. The normalized spacial score (nSPS) is 10.2. The minimum Gasteiger partial charge on any atom is -0.321 e. The molecule has 92 valence electrons. The molecule has 1 aromatic carbocycles. The van der Waals surface area contributed by atoms with Crippen LogP contribution in [0.15, 0.2) is 45.6 Å². The minimum absolute atomic E-state index is 0.277. The highest BCUT2D eigenvalue weighted by molar-refractivity contribution is 9.11. The zero-order valence-corrected chi connectivity index (χ0v) is 12.9. The van der Waals surface area contributed by atoms with Crippen molar-refractivity contribution in [3.8, 4) is 0 Å². The smallest absolute Gasteiger partial charge is 0.257 e. The molecule has 0 saturated carbocycles. The number of anilines is 1. The van der Waals surface area contributed by atoms with Gasteiger partial charge in [-0.2, -0.15) is 0 Å². The van der Waals surface area contributed by atoms with Crippen LogP contribution in [0.25, 0.3) is 0 Å². The number of rotatable bonds is 2. The van der Waals surface area contributed by atoms with Gasteiger partial charge in [0.2, 0.25) is 0 Å². The van der Waals surface area contributed by atoms with Crippen molar-refractivity contribution in [1.29, 1.82) is 0 Å². The Bertz CT molecular complexity index is 604. The molecule has 1 aromatic heterocycles. The molecule has 0 atom stereocenters. The maximum Gasteiger partial charge on any atom is 0.257 e. The second-order valence-electron chi connectivity index (χ2n) is 3.43. The molecule has 0 aliphatic rings. The Balaban J connectivity index is 2.27. The minimum atomic E-state index is -0.277. The van der Waals surface area contributed by atoms with Crippen LogP contribution in [0.5, 0.6) is 0 Å². The number of aromatic nitrogens is 1. The van der Waals surface area contributed by atoms with Crippen molar-refractivity contribution in [3.63, 3.8) is 0 Å². The number of carbonyl (C=O) groups is 1. The van der Waals surface area contributed by atoms with Crippen molar-refractivity contribution in [3.05, 3.63) is 56.2 Å². The van der Waals surface area contributed by atoms with Crippen LogP contribution < -0.4 is 5.32 Å².